The van der Waals surface area contributed by atoms with Crippen LogP contribution in [0.1, 0.15) is 33.6 Å². The second-order valence-corrected chi connectivity index (χ2v) is 5.51. The van der Waals surface area contributed by atoms with Gasteiger partial charge in [-0.25, -0.2) is 8.78 Å². The van der Waals surface area contributed by atoms with E-state index in [0.29, 0.717) is 19.5 Å². The molecule has 2 rings (SSSR count). The van der Waals surface area contributed by atoms with E-state index in [-0.39, 0.29) is 12.0 Å². The van der Waals surface area contributed by atoms with Gasteiger partial charge < -0.3 is 0 Å². The molecule has 0 unspecified atom stereocenters. The first-order valence-corrected chi connectivity index (χ1v) is 4.90. The molecule has 13 heavy (non-hydrogen) atoms. The van der Waals surface area contributed by atoms with Crippen LogP contribution in [0.3, 0.4) is 0 Å². The van der Waals surface area contributed by atoms with E-state index in [1.54, 1.807) is 0 Å². The van der Waals surface area contributed by atoms with Gasteiger partial charge in [0, 0.05) is 25.0 Å². The Bertz CT molecular complexity index is 224. The monoisotopic (exact) mass is 189 g/mol. The summed E-state index contributed by atoms with van der Waals surface area (Å²) in [5.41, 5.74) is -0.586. The molecule has 0 aromatic rings. The van der Waals surface area contributed by atoms with Crippen molar-refractivity contribution in [1.82, 2.24) is 4.90 Å². The van der Waals surface area contributed by atoms with Crippen molar-refractivity contribution in [3.63, 3.8) is 0 Å². The lowest BCUT2D eigenvalue weighted by molar-refractivity contribution is -0.270. The van der Waals surface area contributed by atoms with Crippen LogP contribution in [-0.4, -0.2) is 29.5 Å². The van der Waals surface area contributed by atoms with Crippen molar-refractivity contribution in [2.75, 3.05) is 13.1 Å². The lowest BCUT2D eigenvalue weighted by Gasteiger charge is -2.63. The van der Waals surface area contributed by atoms with Crippen molar-refractivity contribution in [3.8, 4) is 0 Å². The Morgan fingerprint density at radius 3 is 1.85 bits per heavy atom. The molecule has 1 aliphatic carbocycles. The number of halogens is 2. The van der Waals surface area contributed by atoms with E-state index in [0.717, 1.165) is 0 Å². The van der Waals surface area contributed by atoms with E-state index in [1.807, 2.05) is 0 Å². The van der Waals surface area contributed by atoms with E-state index in [2.05, 4.69) is 25.7 Å². The molecule has 1 nitrogen and oxygen atoms in total. The SMILES string of the molecule is CC(C)(C)N1CC2(CCC2(F)F)C1. The van der Waals surface area contributed by atoms with E-state index in [1.165, 1.54) is 0 Å². The summed E-state index contributed by atoms with van der Waals surface area (Å²) in [7, 11) is 0. The van der Waals surface area contributed by atoms with Gasteiger partial charge in [0.25, 0.3) is 5.92 Å². The normalized spacial score (nSPS) is 31.2. The third-order valence-corrected chi connectivity index (χ3v) is 3.63. The number of rotatable bonds is 0. The highest BCUT2D eigenvalue weighted by Crippen LogP contribution is 2.59. The third-order valence-electron chi connectivity index (χ3n) is 3.63. The van der Waals surface area contributed by atoms with Gasteiger partial charge in [-0.1, -0.05) is 0 Å². The fraction of sp³-hybridized carbons (Fsp3) is 1.00. The van der Waals surface area contributed by atoms with E-state index in [4.69, 9.17) is 0 Å². The number of nitrogens with zero attached hydrogens (tertiary/aromatic N) is 1. The average molecular weight is 189 g/mol. The fourth-order valence-electron chi connectivity index (χ4n) is 2.22. The molecule has 1 saturated heterocycles. The maximum Gasteiger partial charge on any atom is 0.256 e. The van der Waals surface area contributed by atoms with Gasteiger partial charge in [0.2, 0.25) is 0 Å². The second-order valence-electron chi connectivity index (χ2n) is 5.51. The summed E-state index contributed by atoms with van der Waals surface area (Å²) < 4.78 is 26.3. The summed E-state index contributed by atoms with van der Waals surface area (Å²) in [5, 5.41) is 0. The molecule has 1 heterocycles. The molecule has 0 aromatic carbocycles. The Hall–Kier alpha value is -0.180. The molecule has 3 heteroatoms. The Morgan fingerprint density at radius 1 is 1.08 bits per heavy atom. The number of likely N-dealkylation sites (tertiary alicyclic amines) is 1. The summed E-state index contributed by atoms with van der Waals surface area (Å²) in [4.78, 5) is 2.14. The second kappa shape index (κ2) is 2.25. The number of hydrogen-bond acceptors (Lipinski definition) is 1. The Labute approximate surface area is 78.1 Å². The topological polar surface area (TPSA) is 3.24 Å². The van der Waals surface area contributed by atoms with Crippen LogP contribution in [0.25, 0.3) is 0 Å². The predicted octanol–water partition coefficient (Wildman–Crippen LogP) is 2.52. The molecule has 0 radical (unpaired) electrons. The van der Waals surface area contributed by atoms with E-state index < -0.39 is 11.3 Å². The number of hydrogen-bond donors (Lipinski definition) is 0. The standard InChI is InChI=1S/C10H17F2N/c1-8(2,3)13-6-9(7-13)4-5-10(9,11)12/h4-7H2,1-3H3. The van der Waals surface area contributed by atoms with E-state index in [9.17, 15) is 8.78 Å². The van der Waals surface area contributed by atoms with Gasteiger partial charge in [0.15, 0.2) is 0 Å². The highest BCUT2D eigenvalue weighted by Gasteiger charge is 2.67. The molecule has 0 bridgehead atoms. The molecule has 0 aromatic heterocycles. The Kier molecular flexibility index (Phi) is 1.62. The Morgan fingerprint density at radius 2 is 1.62 bits per heavy atom. The smallest absolute Gasteiger partial charge is 0.256 e. The fourth-order valence-corrected chi connectivity index (χ4v) is 2.22. The molecule has 1 aliphatic heterocycles. The van der Waals surface area contributed by atoms with Crippen LogP contribution in [0, 0.1) is 5.41 Å². The zero-order valence-corrected chi connectivity index (χ0v) is 8.53. The van der Waals surface area contributed by atoms with Crippen LogP contribution >= 0.6 is 0 Å². The lowest BCUT2D eigenvalue weighted by atomic mass is 9.59. The molecule has 0 amide bonds. The average Bonchev–Trinajstić information content (AvgIpc) is 1.78. The van der Waals surface area contributed by atoms with E-state index >= 15 is 0 Å². The molecule has 0 N–H and O–H groups in total. The molecule has 2 aliphatic rings. The highest BCUT2D eigenvalue weighted by atomic mass is 19.3. The molecule has 1 saturated carbocycles. The summed E-state index contributed by atoms with van der Waals surface area (Å²) in [6.45, 7) is 7.41. The van der Waals surface area contributed by atoms with Crippen molar-refractivity contribution in [2.24, 2.45) is 5.41 Å². The first-order chi connectivity index (χ1) is 5.77. The first-order valence-electron chi connectivity index (χ1n) is 4.90. The van der Waals surface area contributed by atoms with Crippen molar-refractivity contribution >= 4 is 0 Å². The van der Waals surface area contributed by atoms with Gasteiger partial charge in [0.05, 0.1) is 5.41 Å². The van der Waals surface area contributed by atoms with Crippen LogP contribution in [0.4, 0.5) is 8.78 Å². The molecular weight excluding hydrogens is 172 g/mol. The lowest BCUT2D eigenvalue weighted by Crippen LogP contribution is -2.73. The molecule has 1 spiro atoms. The maximum absolute atomic E-state index is 13.2. The largest absolute Gasteiger partial charge is 0.297 e. The van der Waals surface area contributed by atoms with Gasteiger partial charge in [-0.3, -0.25) is 4.90 Å². The van der Waals surface area contributed by atoms with Gasteiger partial charge in [-0.2, -0.15) is 0 Å². The first kappa shape index (κ1) is 9.38. The van der Waals surface area contributed by atoms with Gasteiger partial charge in [0.1, 0.15) is 0 Å². The summed E-state index contributed by atoms with van der Waals surface area (Å²) >= 11 is 0. The van der Waals surface area contributed by atoms with Crippen molar-refractivity contribution < 1.29 is 8.78 Å². The predicted molar refractivity (Wildman–Crippen MR) is 47.9 cm³/mol. The Balaban J connectivity index is 1.98. The molecular formula is C10H17F2N. The van der Waals surface area contributed by atoms with Crippen molar-refractivity contribution in [2.45, 2.75) is 45.1 Å². The minimum atomic E-state index is -2.38. The molecule has 76 valence electrons. The molecule has 2 fully saturated rings. The minimum absolute atomic E-state index is 0.0525. The van der Waals surface area contributed by atoms with Crippen LogP contribution in [0.5, 0.6) is 0 Å². The summed E-state index contributed by atoms with van der Waals surface area (Å²) in [5.74, 6) is -2.38. The van der Waals surface area contributed by atoms with Gasteiger partial charge >= 0.3 is 0 Å². The van der Waals surface area contributed by atoms with Gasteiger partial charge in [-0.15, -0.1) is 0 Å². The minimum Gasteiger partial charge on any atom is -0.297 e. The van der Waals surface area contributed by atoms with Crippen LogP contribution in [0.2, 0.25) is 0 Å². The summed E-state index contributed by atoms with van der Waals surface area (Å²) in [6.07, 6.45) is 0.817. The molecule has 0 atom stereocenters. The van der Waals surface area contributed by atoms with Crippen LogP contribution in [0.15, 0.2) is 0 Å². The zero-order chi connectivity index (χ0) is 9.91. The maximum atomic E-state index is 13.2. The quantitative estimate of drug-likeness (QED) is 0.566. The van der Waals surface area contributed by atoms with Gasteiger partial charge in [-0.05, 0) is 27.2 Å². The zero-order valence-electron chi connectivity index (χ0n) is 8.53. The van der Waals surface area contributed by atoms with Crippen LogP contribution in [-0.2, 0) is 0 Å². The van der Waals surface area contributed by atoms with Crippen molar-refractivity contribution in [3.05, 3.63) is 0 Å². The highest BCUT2D eigenvalue weighted by molar-refractivity contribution is 5.12. The third kappa shape index (κ3) is 1.13. The number of alkyl halides is 2. The summed E-state index contributed by atoms with van der Waals surface area (Å²) in [6, 6.07) is 0. The van der Waals surface area contributed by atoms with Crippen LogP contribution < -0.4 is 0 Å². The van der Waals surface area contributed by atoms with Crippen molar-refractivity contribution in [1.29, 1.82) is 0 Å².